The Morgan fingerprint density at radius 1 is 0.900 bits per heavy atom. The summed E-state index contributed by atoms with van der Waals surface area (Å²) in [5, 5.41) is 12.6. The lowest BCUT2D eigenvalue weighted by molar-refractivity contribution is 0.102. The summed E-state index contributed by atoms with van der Waals surface area (Å²) in [7, 11) is 0. The third-order valence-electron chi connectivity index (χ3n) is 4.37. The second-order valence-corrected chi connectivity index (χ2v) is 7.85. The van der Waals surface area contributed by atoms with Gasteiger partial charge < -0.3 is 5.32 Å². The molecule has 0 radical (unpaired) electrons. The van der Waals surface area contributed by atoms with Crippen molar-refractivity contribution in [2.24, 2.45) is 0 Å². The lowest BCUT2D eigenvalue weighted by Gasteiger charge is -2.06. The van der Waals surface area contributed by atoms with Crippen LogP contribution in [-0.4, -0.2) is 25.5 Å². The lowest BCUT2D eigenvalue weighted by Crippen LogP contribution is -2.14. The van der Waals surface area contributed by atoms with E-state index >= 15 is 0 Å². The fourth-order valence-electron chi connectivity index (χ4n) is 2.96. The molecule has 152 valence electrons. The fraction of sp³-hybridized carbons (Fsp3) is 0.0952. The molecule has 0 fully saturated rings. The number of benzene rings is 2. The number of anilines is 1. The van der Waals surface area contributed by atoms with Crippen molar-refractivity contribution in [3.63, 3.8) is 0 Å². The zero-order chi connectivity index (χ0) is 21.1. The molecule has 0 bridgehead atoms. The summed E-state index contributed by atoms with van der Waals surface area (Å²) < 4.78 is 3.42. The number of carbonyl (C=O) groups excluding carboxylic acids is 1. The molecule has 30 heavy (non-hydrogen) atoms. The normalized spacial score (nSPS) is 10.9. The minimum atomic E-state index is -0.293. The first-order chi connectivity index (χ1) is 14.5. The van der Waals surface area contributed by atoms with Crippen LogP contribution in [0.1, 0.15) is 21.5 Å². The number of rotatable bonds is 6. The van der Waals surface area contributed by atoms with Gasteiger partial charge in [-0.05, 0) is 41.5 Å². The second-order valence-electron chi connectivity index (χ2n) is 6.63. The number of hydrogen-bond donors (Lipinski definition) is 1. The molecule has 2 aromatic heterocycles. The van der Waals surface area contributed by atoms with Crippen LogP contribution in [-0.2, 0) is 13.1 Å². The van der Waals surface area contributed by atoms with Crippen LogP contribution in [0.3, 0.4) is 0 Å². The van der Waals surface area contributed by atoms with Gasteiger partial charge in [0.05, 0.1) is 23.1 Å². The predicted molar refractivity (Wildman–Crippen MR) is 119 cm³/mol. The smallest absolute Gasteiger partial charge is 0.256 e. The maximum absolute atomic E-state index is 12.7. The third kappa shape index (κ3) is 4.84. The van der Waals surface area contributed by atoms with Gasteiger partial charge in [-0.2, -0.15) is 10.2 Å². The molecule has 0 atom stereocenters. The molecule has 2 aromatic carbocycles. The SMILES string of the molecule is O=C(Nc1nn(Cc2ccc(Cl)c(Cl)c2)cc1Cl)c1cccc(Cn2cccn2)c1. The van der Waals surface area contributed by atoms with Crippen molar-refractivity contribution in [2.75, 3.05) is 5.32 Å². The van der Waals surface area contributed by atoms with E-state index in [4.69, 9.17) is 34.8 Å². The van der Waals surface area contributed by atoms with E-state index < -0.39 is 0 Å². The summed E-state index contributed by atoms with van der Waals surface area (Å²) >= 11 is 18.3. The number of aromatic nitrogens is 4. The molecule has 4 aromatic rings. The Balaban J connectivity index is 1.46. The molecule has 0 saturated carbocycles. The van der Waals surface area contributed by atoms with Gasteiger partial charge >= 0.3 is 0 Å². The van der Waals surface area contributed by atoms with Crippen LogP contribution in [0.2, 0.25) is 15.1 Å². The largest absolute Gasteiger partial charge is 0.304 e. The summed E-state index contributed by atoms with van der Waals surface area (Å²) in [5.41, 5.74) is 2.38. The molecule has 2 heterocycles. The van der Waals surface area contributed by atoms with Crippen LogP contribution in [0.5, 0.6) is 0 Å². The van der Waals surface area contributed by atoms with E-state index in [1.54, 1.807) is 40.0 Å². The number of halogens is 3. The third-order valence-corrected chi connectivity index (χ3v) is 5.39. The minimum Gasteiger partial charge on any atom is -0.304 e. The molecule has 0 spiro atoms. The molecule has 4 rings (SSSR count). The van der Waals surface area contributed by atoms with Crippen LogP contribution in [0, 0.1) is 0 Å². The number of amides is 1. The average Bonchev–Trinajstić information content (AvgIpc) is 3.35. The van der Waals surface area contributed by atoms with E-state index in [1.807, 2.05) is 36.5 Å². The Kier molecular flexibility index (Phi) is 6.08. The highest BCUT2D eigenvalue weighted by Gasteiger charge is 2.13. The molecule has 1 N–H and O–H groups in total. The van der Waals surface area contributed by atoms with Gasteiger partial charge in [-0.3, -0.25) is 14.2 Å². The zero-order valence-electron chi connectivity index (χ0n) is 15.6. The van der Waals surface area contributed by atoms with Crippen molar-refractivity contribution in [3.8, 4) is 0 Å². The summed E-state index contributed by atoms with van der Waals surface area (Å²) in [6, 6.07) is 14.5. The standard InChI is InChI=1S/C21H16Cl3N5O/c22-17-6-5-15(10-18(17)23)12-29-13-19(24)20(27-29)26-21(30)16-4-1-3-14(9-16)11-28-8-2-7-25-28/h1-10,13H,11-12H2,(H,26,27,30). The maximum atomic E-state index is 12.7. The van der Waals surface area contributed by atoms with E-state index in [1.165, 1.54) is 0 Å². The highest BCUT2D eigenvalue weighted by atomic mass is 35.5. The quantitative estimate of drug-likeness (QED) is 0.419. The first-order valence-corrected chi connectivity index (χ1v) is 10.2. The molecule has 0 aliphatic rings. The van der Waals surface area contributed by atoms with Crippen molar-refractivity contribution < 1.29 is 4.79 Å². The van der Waals surface area contributed by atoms with Crippen molar-refractivity contribution in [3.05, 3.63) is 98.9 Å². The van der Waals surface area contributed by atoms with Crippen LogP contribution < -0.4 is 5.32 Å². The molecular weight excluding hydrogens is 445 g/mol. The highest BCUT2D eigenvalue weighted by Crippen LogP contribution is 2.25. The van der Waals surface area contributed by atoms with Gasteiger partial charge in [0.25, 0.3) is 5.91 Å². The summed E-state index contributed by atoms with van der Waals surface area (Å²) in [5.74, 6) is -0.00166. The molecule has 0 aliphatic heterocycles. The van der Waals surface area contributed by atoms with Crippen molar-refractivity contribution in [2.45, 2.75) is 13.1 Å². The van der Waals surface area contributed by atoms with Crippen LogP contribution in [0.15, 0.2) is 67.1 Å². The number of hydrogen-bond acceptors (Lipinski definition) is 3. The van der Waals surface area contributed by atoms with Crippen LogP contribution >= 0.6 is 34.8 Å². The van der Waals surface area contributed by atoms with Gasteiger partial charge in [-0.15, -0.1) is 0 Å². The topological polar surface area (TPSA) is 64.7 Å². The Labute approximate surface area is 188 Å². The van der Waals surface area contributed by atoms with E-state index in [0.717, 1.165) is 11.1 Å². The highest BCUT2D eigenvalue weighted by molar-refractivity contribution is 6.42. The Morgan fingerprint density at radius 3 is 2.47 bits per heavy atom. The summed E-state index contributed by atoms with van der Waals surface area (Å²) in [6.45, 7) is 1.01. The zero-order valence-corrected chi connectivity index (χ0v) is 17.9. The van der Waals surface area contributed by atoms with Crippen molar-refractivity contribution in [1.82, 2.24) is 19.6 Å². The predicted octanol–water partition coefficient (Wildman–Crippen LogP) is 5.39. The van der Waals surface area contributed by atoms with Gasteiger partial charge in [0.15, 0.2) is 5.82 Å². The molecule has 1 amide bonds. The van der Waals surface area contributed by atoms with Crippen LogP contribution in [0.4, 0.5) is 5.82 Å². The minimum absolute atomic E-state index is 0.291. The number of nitrogens with one attached hydrogen (secondary N) is 1. The fourth-order valence-corrected chi connectivity index (χ4v) is 3.48. The number of nitrogens with zero attached hydrogens (tertiary/aromatic N) is 4. The first kappa shape index (κ1) is 20.5. The Morgan fingerprint density at radius 2 is 1.70 bits per heavy atom. The second kappa shape index (κ2) is 8.92. The first-order valence-electron chi connectivity index (χ1n) is 9.02. The molecule has 0 saturated heterocycles. The summed E-state index contributed by atoms with van der Waals surface area (Å²) in [6.07, 6.45) is 5.23. The van der Waals surface area contributed by atoms with E-state index in [0.29, 0.717) is 39.5 Å². The molecule has 9 heteroatoms. The number of carbonyl (C=O) groups is 1. The maximum Gasteiger partial charge on any atom is 0.256 e. The monoisotopic (exact) mass is 459 g/mol. The van der Waals surface area contributed by atoms with E-state index in [2.05, 4.69) is 15.5 Å². The van der Waals surface area contributed by atoms with Gasteiger partial charge in [0.2, 0.25) is 0 Å². The average molecular weight is 461 g/mol. The van der Waals surface area contributed by atoms with E-state index in [-0.39, 0.29) is 5.91 Å². The van der Waals surface area contributed by atoms with Gasteiger partial charge in [-0.1, -0.05) is 53.0 Å². The van der Waals surface area contributed by atoms with Gasteiger partial charge in [-0.25, -0.2) is 0 Å². The molecule has 0 unspecified atom stereocenters. The van der Waals surface area contributed by atoms with Gasteiger partial charge in [0, 0.05) is 24.2 Å². The lowest BCUT2D eigenvalue weighted by atomic mass is 10.1. The van der Waals surface area contributed by atoms with Gasteiger partial charge in [0.1, 0.15) is 5.02 Å². The van der Waals surface area contributed by atoms with Crippen molar-refractivity contribution >= 4 is 46.5 Å². The van der Waals surface area contributed by atoms with Crippen LogP contribution in [0.25, 0.3) is 0 Å². The molecular formula is C21H16Cl3N5O. The Bertz CT molecular complexity index is 1190. The van der Waals surface area contributed by atoms with E-state index in [9.17, 15) is 4.79 Å². The molecule has 0 aliphatic carbocycles. The Hall–Kier alpha value is -2.80. The molecule has 6 nitrogen and oxygen atoms in total. The summed E-state index contributed by atoms with van der Waals surface area (Å²) in [4.78, 5) is 12.7. The van der Waals surface area contributed by atoms with Crippen molar-refractivity contribution in [1.29, 1.82) is 0 Å².